The first-order valence-electron chi connectivity index (χ1n) is 10.8. The van der Waals surface area contributed by atoms with E-state index in [0.717, 1.165) is 0 Å². The van der Waals surface area contributed by atoms with Crippen molar-refractivity contribution in [2.75, 3.05) is 0 Å². The van der Waals surface area contributed by atoms with Crippen molar-refractivity contribution in [2.45, 2.75) is 53.9 Å². The number of unbranched alkanes of at least 4 members (excludes halogenated alkanes) is 1. The Hall–Kier alpha value is -0.790. The van der Waals surface area contributed by atoms with Crippen LogP contribution in [0.3, 0.4) is 0 Å². The summed E-state index contributed by atoms with van der Waals surface area (Å²) < 4.78 is 0. The van der Waals surface area contributed by atoms with E-state index in [1.807, 2.05) is 0 Å². The van der Waals surface area contributed by atoms with Gasteiger partial charge in [0.1, 0.15) is 0 Å². The van der Waals surface area contributed by atoms with Gasteiger partial charge in [-0.1, -0.05) is 81.5 Å². The molecule has 0 fully saturated rings. The van der Waals surface area contributed by atoms with Gasteiger partial charge in [-0.2, -0.15) is 11.1 Å². The van der Waals surface area contributed by atoms with Crippen molar-refractivity contribution in [1.29, 1.82) is 0 Å². The van der Waals surface area contributed by atoms with E-state index in [9.17, 15) is 0 Å². The number of aryl methyl sites for hydroxylation is 1. The van der Waals surface area contributed by atoms with Crippen LogP contribution in [-0.4, -0.2) is 6.88 Å². The van der Waals surface area contributed by atoms with E-state index in [2.05, 4.69) is 108 Å². The Morgan fingerprint density at radius 1 is 0.912 bits per heavy atom. The van der Waals surface area contributed by atoms with Crippen LogP contribution in [0.15, 0.2) is 77.4 Å². The molecule has 1 unspecified atom stereocenters. The van der Waals surface area contributed by atoms with E-state index in [1.165, 1.54) is 86.8 Å². The second-order valence-corrected chi connectivity index (χ2v) is 7.89. The quantitative estimate of drug-likeness (QED) is 0.210. The Labute approximate surface area is 239 Å². The van der Waals surface area contributed by atoms with Crippen LogP contribution in [0.5, 0.6) is 0 Å². The maximum atomic E-state index is 3.36. The molecular formula is C30H40Cl2SiZr-4. The van der Waals surface area contributed by atoms with E-state index in [4.69, 9.17) is 0 Å². The molecule has 0 amide bonds. The van der Waals surface area contributed by atoms with Crippen molar-refractivity contribution in [3.8, 4) is 11.1 Å². The van der Waals surface area contributed by atoms with Crippen LogP contribution in [0.1, 0.15) is 53.0 Å². The van der Waals surface area contributed by atoms with Crippen LogP contribution in [0.4, 0.5) is 0 Å². The molecule has 0 heterocycles. The first-order chi connectivity index (χ1) is 14.5. The molecular weight excluding hydrogens is 551 g/mol. The van der Waals surface area contributed by atoms with Crippen molar-refractivity contribution >= 4 is 42.5 Å². The summed E-state index contributed by atoms with van der Waals surface area (Å²) in [6.07, 6.45) is 7.04. The van der Waals surface area contributed by atoms with Gasteiger partial charge in [-0.25, -0.2) is 5.57 Å². The predicted molar refractivity (Wildman–Crippen MR) is 157 cm³/mol. The standard InChI is InChI=1S/C19H19.C9H13.2CH3.2ClH.Si.Zr/c1-2-3-8-15-9-4-6-11-17(15)19-14-13-16-10-5-7-12-18(16)19;1-6-5-7(2)9(4)8(6)3;;;;;;/h4-7,9-14H,2-3,8H2,1H3;6H,1-4H3;2*1H3;2*1H;;/q4*-1;;;;. The summed E-state index contributed by atoms with van der Waals surface area (Å²) in [5.74, 6) is 0.560. The van der Waals surface area contributed by atoms with Crippen molar-refractivity contribution in [3.05, 3.63) is 104 Å². The van der Waals surface area contributed by atoms with Gasteiger partial charge in [-0.15, -0.1) is 78.4 Å². The molecule has 1 aliphatic carbocycles. The summed E-state index contributed by atoms with van der Waals surface area (Å²) in [5.41, 5.74) is 8.50. The van der Waals surface area contributed by atoms with Gasteiger partial charge in [0.25, 0.3) is 0 Å². The predicted octanol–water partition coefficient (Wildman–Crippen LogP) is 9.65. The second kappa shape index (κ2) is 19.4. The molecule has 0 aliphatic heterocycles. The summed E-state index contributed by atoms with van der Waals surface area (Å²) in [6, 6.07) is 22.0. The molecule has 186 valence electrons. The fourth-order valence-electron chi connectivity index (χ4n) is 3.92. The molecule has 34 heavy (non-hydrogen) atoms. The molecule has 0 N–H and O–H groups in total. The van der Waals surface area contributed by atoms with Gasteiger partial charge in [-0.05, 0) is 12.8 Å². The van der Waals surface area contributed by atoms with E-state index in [1.54, 1.807) is 0 Å². The van der Waals surface area contributed by atoms with Gasteiger partial charge < -0.3 is 14.9 Å². The molecule has 0 saturated heterocycles. The molecule has 0 bridgehead atoms. The van der Waals surface area contributed by atoms with Crippen LogP contribution in [-0.2, 0) is 29.8 Å². The van der Waals surface area contributed by atoms with Gasteiger partial charge in [0.2, 0.25) is 0 Å². The fraction of sp³-hybridized carbons (Fsp3) is 0.300. The van der Waals surface area contributed by atoms with Crippen LogP contribution in [0.25, 0.3) is 21.9 Å². The van der Waals surface area contributed by atoms with E-state index in [-0.39, 0.29) is 39.7 Å². The molecule has 1 aliphatic rings. The van der Waals surface area contributed by atoms with Crippen LogP contribution in [0, 0.1) is 26.8 Å². The SMILES string of the molecule is CC1=[C-]C(C)C(C)=C1C.CCCCc1ccccc1-c1c[cH-]c2ccccc12.Cl.Cl.[CH3-].[CH3-].[Si]=[Zr]. The molecule has 4 rings (SSSR count). The van der Waals surface area contributed by atoms with Gasteiger partial charge >= 0.3 is 30.2 Å². The summed E-state index contributed by atoms with van der Waals surface area (Å²) in [4.78, 5) is 0. The zero-order valence-corrected chi connectivity index (χ0v) is 26.9. The van der Waals surface area contributed by atoms with Gasteiger partial charge in [0.05, 0.1) is 0 Å². The van der Waals surface area contributed by atoms with Crippen LogP contribution < -0.4 is 0 Å². The summed E-state index contributed by atoms with van der Waals surface area (Å²) in [7, 11) is 0. The van der Waals surface area contributed by atoms with Crippen molar-refractivity contribution < 1.29 is 23.3 Å². The van der Waals surface area contributed by atoms with Crippen molar-refractivity contribution in [2.24, 2.45) is 5.92 Å². The third-order valence-electron chi connectivity index (χ3n) is 6.02. The molecule has 0 saturated carbocycles. The second-order valence-electron chi connectivity index (χ2n) is 7.89. The average Bonchev–Trinajstić information content (AvgIpc) is 3.31. The number of halogens is 2. The van der Waals surface area contributed by atoms with Crippen molar-refractivity contribution in [3.63, 3.8) is 0 Å². The number of rotatable bonds is 4. The molecule has 4 heteroatoms. The molecule has 2 radical (unpaired) electrons. The molecule has 3 aromatic rings. The topological polar surface area (TPSA) is 0 Å². The van der Waals surface area contributed by atoms with Gasteiger partial charge in [0.15, 0.2) is 0 Å². The van der Waals surface area contributed by atoms with Crippen LogP contribution in [0.2, 0.25) is 0 Å². The molecule has 1 atom stereocenters. The normalized spacial score (nSPS) is 13.4. The molecule has 0 spiro atoms. The Morgan fingerprint density at radius 2 is 1.50 bits per heavy atom. The number of benzene rings is 2. The van der Waals surface area contributed by atoms with E-state index < -0.39 is 0 Å². The summed E-state index contributed by atoms with van der Waals surface area (Å²) in [6.45, 7) is 14.0. The van der Waals surface area contributed by atoms with Gasteiger partial charge in [0, 0.05) is 0 Å². The van der Waals surface area contributed by atoms with E-state index >= 15 is 0 Å². The number of hydrogen-bond donors (Lipinski definition) is 0. The number of fused-ring (bicyclic) bond motifs is 1. The number of allylic oxidation sites excluding steroid dienone is 4. The average molecular weight is 591 g/mol. The van der Waals surface area contributed by atoms with E-state index in [0.29, 0.717) is 5.92 Å². The summed E-state index contributed by atoms with van der Waals surface area (Å²) in [5, 5.41) is 2.70. The molecule has 0 nitrogen and oxygen atoms in total. The Morgan fingerprint density at radius 3 is 2.03 bits per heavy atom. The monoisotopic (exact) mass is 588 g/mol. The first-order valence-corrected chi connectivity index (χ1v) is 15.0. The third kappa shape index (κ3) is 9.69. The third-order valence-corrected chi connectivity index (χ3v) is 6.02. The number of hydrogen-bond acceptors (Lipinski definition) is 0. The summed E-state index contributed by atoms with van der Waals surface area (Å²) >= 11 is 1.36. The Kier molecular flexibility index (Phi) is 21.5. The molecule has 3 aromatic carbocycles. The zero-order chi connectivity index (χ0) is 22.1. The maximum absolute atomic E-state index is 3.36. The first kappa shape index (κ1) is 37.8. The fourth-order valence-corrected chi connectivity index (χ4v) is 3.92. The minimum atomic E-state index is 0. The van der Waals surface area contributed by atoms with Gasteiger partial charge in [-0.3, -0.25) is 6.08 Å². The van der Waals surface area contributed by atoms with Crippen LogP contribution >= 0.6 is 24.8 Å². The zero-order valence-electron chi connectivity index (χ0n) is 21.8. The minimum absolute atomic E-state index is 0. The Balaban J connectivity index is -0.000000555. The van der Waals surface area contributed by atoms with Crippen molar-refractivity contribution in [1.82, 2.24) is 0 Å². The Bertz CT molecular complexity index is 1030. The molecule has 0 aromatic heterocycles.